The number of guanidine groups is 1. The summed E-state index contributed by atoms with van der Waals surface area (Å²) in [6, 6.07) is 6.52. The van der Waals surface area contributed by atoms with Crippen LogP contribution in [0.5, 0.6) is 0 Å². The van der Waals surface area contributed by atoms with E-state index in [-0.39, 0.29) is 24.0 Å². The second-order valence-corrected chi connectivity index (χ2v) is 6.83. The maximum atomic E-state index is 4.70. The molecule has 138 valence electrons. The number of hydrogen-bond donors (Lipinski definition) is 2. The maximum Gasteiger partial charge on any atom is 0.191 e. The highest BCUT2D eigenvalue weighted by Gasteiger charge is 2.03. The molecular weight excluding hydrogens is 443 g/mol. The van der Waals surface area contributed by atoms with Crippen molar-refractivity contribution in [2.24, 2.45) is 4.99 Å². The molecule has 1 aromatic carbocycles. The van der Waals surface area contributed by atoms with Gasteiger partial charge in [-0.3, -0.25) is 0 Å². The number of halogens is 1. The highest BCUT2D eigenvalue weighted by atomic mass is 127. The van der Waals surface area contributed by atoms with E-state index in [1.165, 1.54) is 21.7 Å². The third kappa shape index (κ3) is 7.32. The van der Waals surface area contributed by atoms with Crippen LogP contribution in [0.3, 0.4) is 0 Å². The number of aromatic nitrogens is 1. The molecule has 0 spiro atoms. The number of rotatable bonds is 7. The smallest absolute Gasteiger partial charge is 0.191 e. The Bertz CT molecular complexity index is 682. The Labute approximate surface area is 172 Å². The zero-order chi connectivity index (χ0) is 17.4. The normalized spacial score (nSPS) is 11.1. The van der Waals surface area contributed by atoms with Crippen LogP contribution in [0.15, 0.2) is 28.6 Å². The van der Waals surface area contributed by atoms with Crippen molar-refractivity contribution in [1.29, 1.82) is 0 Å². The van der Waals surface area contributed by atoms with Crippen LogP contribution in [0, 0.1) is 13.8 Å². The van der Waals surface area contributed by atoms with Crippen molar-refractivity contribution in [3.63, 3.8) is 0 Å². The fourth-order valence-electron chi connectivity index (χ4n) is 2.46. The van der Waals surface area contributed by atoms with Gasteiger partial charge in [0.1, 0.15) is 0 Å². The van der Waals surface area contributed by atoms with Crippen LogP contribution in [0.2, 0.25) is 0 Å². The molecule has 0 unspecified atom stereocenters. The van der Waals surface area contributed by atoms with Gasteiger partial charge in [0.2, 0.25) is 0 Å². The molecule has 2 N–H and O–H groups in total. The number of benzene rings is 1. The molecule has 1 heterocycles. The van der Waals surface area contributed by atoms with Gasteiger partial charge in [0.15, 0.2) is 5.96 Å². The SMILES string of the molecule is CCNC(=NCc1ccc(C)cc1C)NCCc1csc(CC)n1.I. The van der Waals surface area contributed by atoms with Gasteiger partial charge in [0, 0.05) is 24.9 Å². The first-order valence-corrected chi connectivity index (χ1v) is 9.52. The van der Waals surface area contributed by atoms with Gasteiger partial charge in [-0.1, -0.05) is 30.7 Å². The molecule has 25 heavy (non-hydrogen) atoms. The summed E-state index contributed by atoms with van der Waals surface area (Å²) in [5.41, 5.74) is 5.02. The molecule has 4 nitrogen and oxygen atoms in total. The van der Waals surface area contributed by atoms with Crippen molar-refractivity contribution in [3.05, 3.63) is 51.0 Å². The van der Waals surface area contributed by atoms with Gasteiger partial charge in [0.05, 0.1) is 17.2 Å². The van der Waals surface area contributed by atoms with E-state index in [4.69, 9.17) is 4.99 Å². The molecule has 0 atom stereocenters. The number of aliphatic imine (C=N–C) groups is 1. The van der Waals surface area contributed by atoms with Crippen molar-refractivity contribution in [2.45, 2.75) is 47.1 Å². The van der Waals surface area contributed by atoms with Gasteiger partial charge in [-0.15, -0.1) is 35.3 Å². The second kappa shape index (κ2) is 11.5. The fraction of sp³-hybridized carbons (Fsp3) is 0.474. The molecule has 2 aromatic rings. The van der Waals surface area contributed by atoms with Gasteiger partial charge >= 0.3 is 0 Å². The highest BCUT2D eigenvalue weighted by molar-refractivity contribution is 14.0. The average molecular weight is 472 g/mol. The second-order valence-electron chi connectivity index (χ2n) is 5.89. The number of aryl methyl sites for hydroxylation is 3. The topological polar surface area (TPSA) is 49.3 Å². The number of nitrogens with one attached hydrogen (secondary N) is 2. The van der Waals surface area contributed by atoms with Crippen LogP contribution >= 0.6 is 35.3 Å². The first-order valence-electron chi connectivity index (χ1n) is 8.64. The molecule has 0 saturated heterocycles. The summed E-state index contributed by atoms with van der Waals surface area (Å²) in [6.45, 7) is 10.9. The third-order valence-corrected chi connectivity index (χ3v) is 4.87. The predicted molar refractivity (Wildman–Crippen MR) is 119 cm³/mol. The molecule has 0 aliphatic carbocycles. The van der Waals surface area contributed by atoms with Crippen molar-refractivity contribution >= 4 is 41.3 Å². The van der Waals surface area contributed by atoms with E-state index in [9.17, 15) is 0 Å². The van der Waals surface area contributed by atoms with Gasteiger partial charge in [0.25, 0.3) is 0 Å². The molecule has 6 heteroatoms. The van der Waals surface area contributed by atoms with Crippen LogP contribution in [0.1, 0.15) is 41.2 Å². The lowest BCUT2D eigenvalue weighted by molar-refractivity contribution is 0.788. The van der Waals surface area contributed by atoms with Crippen LogP contribution in [0.4, 0.5) is 0 Å². The monoisotopic (exact) mass is 472 g/mol. The third-order valence-electron chi connectivity index (χ3n) is 3.83. The minimum atomic E-state index is 0. The first-order chi connectivity index (χ1) is 11.6. The number of thiazole rings is 1. The van der Waals surface area contributed by atoms with E-state index in [0.717, 1.165) is 37.6 Å². The van der Waals surface area contributed by atoms with E-state index in [2.05, 4.69) is 66.9 Å². The molecule has 0 saturated carbocycles. The van der Waals surface area contributed by atoms with Gasteiger partial charge in [-0.2, -0.15) is 0 Å². The summed E-state index contributed by atoms with van der Waals surface area (Å²) < 4.78 is 0. The lowest BCUT2D eigenvalue weighted by Gasteiger charge is -2.11. The summed E-state index contributed by atoms with van der Waals surface area (Å²) >= 11 is 1.74. The lowest BCUT2D eigenvalue weighted by Crippen LogP contribution is -2.38. The van der Waals surface area contributed by atoms with Crippen molar-refractivity contribution in [2.75, 3.05) is 13.1 Å². The Kier molecular flexibility index (Phi) is 10.0. The Morgan fingerprint density at radius 3 is 2.64 bits per heavy atom. The fourth-order valence-corrected chi connectivity index (χ4v) is 3.24. The number of hydrogen-bond acceptors (Lipinski definition) is 3. The maximum absolute atomic E-state index is 4.70. The quantitative estimate of drug-likeness (QED) is 0.360. The molecule has 0 radical (unpaired) electrons. The molecule has 1 aromatic heterocycles. The molecular formula is C19H29IN4S. The van der Waals surface area contributed by atoms with Gasteiger partial charge < -0.3 is 10.6 Å². The zero-order valence-electron chi connectivity index (χ0n) is 15.6. The van der Waals surface area contributed by atoms with Crippen molar-refractivity contribution in [1.82, 2.24) is 15.6 Å². The van der Waals surface area contributed by atoms with Crippen molar-refractivity contribution in [3.8, 4) is 0 Å². The molecule has 0 aliphatic rings. The van der Waals surface area contributed by atoms with Crippen LogP contribution in [-0.4, -0.2) is 24.0 Å². The molecule has 2 rings (SSSR count). The van der Waals surface area contributed by atoms with E-state index < -0.39 is 0 Å². The Balaban J connectivity index is 0.00000312. The summed E-state index contributed by atoms with van der Waals surface area (Å²) in [4.78, 5) is 9.31. The highest BCUT2D eigenvalue weighted by Crippen LogP contribution is 2.12. The van der Waals surface area contributed by atoms with Gasteiger partial charge in [-0.05, 0) is 38.3 Å². The molecule has 0 fully saturated rings. The van der Waals surface area contributed by atoms with Gasteiger partial charge in [-0.25, -0.2) is 9.98 Å². The minimum Gasteiger partial charge on any atom is -0.357 e. The summed E-state index contributed by atoms with van der Waals surface area (Å²) in [5.74, 6) is 0.864. The average Bonchev–Trinajstić information content (AvgIpc) is 3.02. The predicted octanol–water partition coefficient (Wildman–Crippen LogP) is 4.24. The van der Waals surface area contributed by atoms with E-state index in [0.29, 0.717) is 6.54 Å². The van der Waals surface area contributed by atoms with E-state index >= 15 is 0 Å². The van der Waals surface area contributed by atoms with Crippen molar-refractivity contribution < 1.29 is 0 Å². The summed E-state index contributed by atoms with van der Waals surface area (Å²) in [7, 11) is 0. The lowest BCUT2D eigenvalue weighted by atomic mass is 10.1. The minimum absolute atomic E-state index is 0. The summed E-state index contributed by atoms with van der Waals surface area (Å²) in [5, 5.41) is 10.1. The first kappa shape index (κ1) is 21.9. The molecule has 0 bridgehead atoms. The largest absolute Gasteiger partial charge is 0.357 e. The Hall–Kier alpha value is -1.15. The summed E-state index contributed by atoms with van der Waals surface area (Å²) in [6.07, 6.45) is 1.93. The zero-order valence-corrected chi connectivity index (χ0v) is 18.7. The molecule has 0 aliphatic heterocycles. The van der Waals surface area contributed by atoms with Crippen LogP contribution in [-0.2, 0) is 19.4 Å². The Morgan fingerprint density at radius 2 is 2.00 bits per heavy atom. The number of nitrogens with zero attached hydrogens (tertiary/aromatic N) is 2. The standard InChI is InChI=1S/C19H28N4S.HI/c1-5-18-23-17(13-24-18)9-10-21-19(20-6-2)22-12-16-8-7-14(3)11-15(16)4;/h7-8,11,13H,5-6,9-10,12H2,1-4H3,(H2,20,21,22);1H. The van der Waals surface area contributed by atoms with E-state index in [1.54, 1.807) is 11.3 Å². The van der Waals surface area contributed by atoms with Crippen LogP contribution in [0.25, 0.3) is 0 Å². The Morgan fingerprint density at radius 1 is 1.20 bits per heavy atom. The van der Waals surface area contributed by atoms with Crippen LogP contribution < -0.4 is 10.6 Å². The molecule has 0 amide bonds. The van der Waals surface area contributed by atoms with E-state index in [1.807, 2.05) is 0 Å².